The Morgan fingerprint density at radius 1 is 1.23 bits per heavy atom. The first-order chi connectivity index (χ1) is 12.6. The minimum absolute atomic E-state index is 0.0685. The molecule has 2 N–H and O–H groups in total. The smallest absolute Gasteiger partial charge is 0.253 e. The highest BCUT2D eigenvalue weighted by Crippen LogP contribution is 2.21. The van der Waals surface area contributed by atoms with Crippen LogP contribution in [0.15, 0.2) is 42.9 Å². The number of amides is 2. The lowest BCUT2D eigenvalue weighted by Gasteiger charge is -2.34. The molecule has 0 bridgehead atoms. The first-order valence-corrected chi connectivity index (χ1v) is 8.27. The van der Waals surface area contributed by atoms with Crippen LogP contribution in [0.1, 0.15) is 16.8 Å². The van der Waals surface area contributed by atoms with Crippen molar-refractivity contribution in [3.8, 4) is 11.3 Å². The summed E-state index contributed by atoms with van der Waals surface area (Å²) >= 11 is 0. The predicted molar refractivity (Wildman–Crippen MR) is 91.9 cm³/mol. The Morgan fingerprint density at radius 3 is 2.73 bits per heavy atom. The van der Waals surface area contributed by atoms with Gasteiger partial charge in [0.2, 0.25) is 5.91 Å². The van der Waals surface area contributed by atoms with Crippen LogP contribution >= 0.6 is 0 Å². The van der Waals surface area contributed by atoms with Crippen LogP contribution in [0.4, 0.5) is 4.39 Å². The van der Waals surface area contributed by atoms with E-state index in [0.717, 1.165) is 5.56 Å². The summed E-state index contributed by atoms with van der Waals surface area (Å²) < 4.78 is 13.9. The van der Waals surface area contributed by atoms with E-state index in [1.54, 1.807) is 42.9 Å². The molecule has 26 heavy (non-hydrogen) atoms. The maximum absolute atomic E-state index is 13.9. The first kappa shape index (κ1) is 17.9. The van der Waals surface area contributed by atoms with Crippen molar-refractivity contribution < 1.29 is 19.1 Å². The molecule has 2 aromatic heterocycles. The molecule has 2 amide bonds. The third-order valence-corrected chi connectivity index (χ3v) is 4.23. The van der Waals surface area contributed by atoms with Crippen molar-refractivity contribution in [2.24, 2.45) is 0 Å². The monoisotopic (exact) mass is 358 g/mol. The number of alkyl halides is 1. The Bertz CT molecular complexity index is 787. The van der Waals surface area contributed by atoms with Crippen LogP contribution in [0, 0.1) is 0 Å². The number of hydrogen-bond acceptors (Lipinski definition) is 5. The van der Waals surface area contributed by atoms with Crippen molar-refractivity contribution in [2.75, 3.05) is 19.7 Å². The number of pyridine rings is 2. The molecule has 0 aromatic carbocycles. The largest absolute Gasteiger partial charge is 0.387 e. The molecule has 3 rings (SSSR count). The van der Waals surface area contributed by atoms with Crippen molar-refractivity contribution in [3.63, 3.8) is 0 Å². The Kier molecular flexibility index (Phi) is 5.52. The zero-order chi connectivity index (χ0) is 18.5. The maximum atomic E-state index is 13.9. The average molecular weight is 358 g/mol. The lowest BCUT2D eigenvalue weighted by Crippen LogP contribution is -2.54. The van der Waals surface area contributed by atoms with Gasteiger partial charge < -0.3 is 15.3 Å². The van der Waals surface area contributed by atoms with E-state index >= 15 is 0 Å². The summed E-state index contributed by atoms with van der Waals surface area (Å²) in [6.45, 7) is -0.584. The van der Waals surface area contributed by atoms with Crippen molar-refractivity contribution >= 4 is 11.8 Å². The first-order valence-electron chi connectivity index (χ1n) is 8.27. The van der Waals surface area contributed by atoms with Gasteiger partial charge in [-0.2, -0.15) is 0 Å². The minimum atomic E-state index is -1.25. The van der Waals surface area contributed by atoms with E-state index in [4.69, 9.17) is 5.11 Å². The summed E-state index contributed by atoms with van der Waals surface area (Å²) in [5, 5.41) is 11.7. The Morgan fingerprint density at radius 2 is 2.00 bits per heavy atom. The normalized spacial score (nSPS) is 19.8. The van der Waals surface area contributed by atoms with Crippen LogP contribution in [0.3, 0.4) is 0 Å². The van der Waals surface area contributed by atoms with Gasteiger partial charge in [0.1, 0.15) is 12.8 Å². The van der Waals surface area contributed by atoms with Gasteiger partial charge in [-0.05, 0) is 24.3 Å². The number of rotatable bonds is 4. The number of hydrogen-bond donors (Lipinski definition) is 2. The molecule has 0 unspecified atom stereocenters. The molecule has 0 saturated carbocycles. The number of likely N-dealkylation sites (tertiary alicyclic amines) is 1. The second-order valence-electron chi connectivity index (χ2n) is 6.10. The van der Waals surface area contributed by atoms with E-state index in [2.05, 4.69) is 15.3 Å². The summed E-state index contributed by atoms with van der Waals surface area (Å²) in [6.07, 6.45) is 3.67. The minimum Gasteiger partial charge on any atom is -0.387 e. The molecule has 1 saturated heterocycles. The van der Waals surface area contributed by atoms with Crippen LogP contribution in [-0.2, 0) is 4.79 Å². The molecule has 3 heterocycles. The van der Waals surface area contributed by atoms with Gasteiger partial charge in [0.25, 0.3) is 5.91 Å². The van der Waals surface area contributed by atoms with Gasteiger partial charge in [0.05, 0.1) is 17.8 Å². The molecule has 1 aliphatic rings. The highest BCUT2D eigenvalue weighted by molar-refractivity contribution is 6.00. The Balaban J connectivity index is 1.77. The van der Waals surface area contributed by atoms with Crippen LogP contribution in [-0.4, -0.2) is 63.7 Å². The number of aliphatic hydroxyl groups excluding tert-OH is 1. The molecule has 8 heteroatoms. The molecular formula is C18H19FN4O3. The quantitative estimate of drug-likeness (QED) is 0.843. The van der Waals surface area contributed by atoms with Gasteiger partial charge in [0, 0.05) is 43.2 Å². The average Bonchev–Trinajstić information content (AvgIpc) is 2.67. The number of piperidine rings is 1. The lowest BCUT2D eigenvalue weighted by atomic mass is 10.0. The lowest BCUT2D eigenvalue weighted by molar-refractivity contribution is -0.136. The topological polar surface area (TPSA) is 95.4 Å². The molecule has 136 valence electrons. The van der Waals surface area contributed by atoms with Gasteiger partial charge in [0.15, 0.2) is 0 Å². The van der Waals surface area contributed by atoms with Crippen LogP contribution in [0.2, 0.25) is 0 Å². The second kappa shape index (κ2) is 8.01. The van der Waals surface area contributed by atoms with E-state index in [-0.39, 0.29) is 25.4 Å². The van der Waals surface area contributed by atoms with Gasteiger partial charge in [-0.25, -0.2) is 4.39 Å². The molecule has 1 aliphatic heterocycles. The number of nitrogens with zero attached hydrogens (tertiary/aromatic N) is 3. The van der Waals surface area contributed by atoms with Crippen molar-refractivity contribution in [2.45, 2.75) is 18.6 Å². The fourth-order valence-corrected chi connectivity index (χ4v) is 3.04. The third-order valence-electron chi connectivity index (χ3n) is 4.23. The number of carbonyl (C=O) groups is 2. The molecule has 0 aliphatic carbocycles. The molecule has 2 atom stereocenters. The molecule has 0 spiro atoms. The van der Waals surface area contributed by atoms with E-state index in [9.17, 15) is 14.0 Å². The third kappa shape index (κ3) is 4.02. The number of aromatic nitrogens is 2. The van der Waals surface area contributed by atoms with E-state index < -0.39 is 24.7 Å². The molecule has 1 fully saturated rings. The van der Waals surface area contributed by atoms with Gasteiger partial charge >= 0.3 is 0 Å². The van der Waals surface area contributed by atoms with Gasteiger partial charge in [-0.15, -0.1) is 0 Å². The van der Waals surface area contributed by atoms with Gasteiger partial charge in [-0.3, -0.25) is 19.6 Å². The summed E-state index contributed by atoms with van der Waals surface area (Å²) in [5.41, 5.74) is 1.61. The Hall–Kier alpha value is -2.87. The highest BCUT2D eigenvalue weighted by atomic mass is 19.1. The zero-order valence-corrected chi connectivity index (χ0v) is 14.0. The SMILES string of the molecule is O=C(N[C@H]1C[C@H](F)CN(C(=O)CO)C1)c1cccnc1-c1ccncc1. The second-order valence-corrected chi connectivity index (χ2v) is 6.10. The van der Waals surface area contributed by atoms with Gasteiger partial charge in [-0.1, -0.05) is 0 Å². The van der Waals surface area contributed by atoms with Crippen molar-refractivity contribution in [1.82, 2.24) is 20.2 Å². The fraction of sp³-hybridized carbons (Fsp3) is 0.333. The number of carbonyl (C=O) groups excluding carboxylic acids is 2. The zero-order valence-electron chi connectivity index (χ0n) is 14.0. The summed E-state index contributed by atoms with van der Waals surface area (Å²) in [7, 11) is 0. The highest BCUT2D eigenvalue weighted by Gasteiger charge is 2.31. The van der Waals surface area contributed by atoms with Crippen molar-refractivity contribution in [3.05, 3.63) is 48.4 Å². The molecule has 7 nitrogen and oxygen atoms in total. The molecule has 0 radical (unpaired) electrons. The Labute approximate surface area is 149 Å². The van der Waals surface area contributed by atoms with Crippen LogP contribution in [0.25, 0.3) is 11.3 Å². The van der Waals surface area contributed by atoms with Crippen LogP contribution < -0.4 is 5.32 Å². The maximum Gasteiger partial charge on any atom is 0.253 e. The predicted octanol–water partition coefficient (Wildman–Crippen LogP) is 0.805. The molecule has 2 aromatic rings. The summed E-state index contributed by atoms with van der Waals surface area (Å²) in [4.78, 5) is 33.8. The van der Waals surface area contributed by atoms with E-state index in [1.807, 2.05) is 0 Å². The van der Waals surface area contributed by atoms with Crippen molar-refractivity contribution in [1.29, 1.82) is 0 Å². The van der Waals surface area contributed by atoms with E-state index in [0.29, 0.717) is 11.3 Å². The summed E-state index contributed by atoms with van der Waals surface area (Å²) in [6, 6.07) is 6.26. The number of nitrogens with one attached hydrogen (secondary N) is 1. The van der Waals surface area contributed by atoms with E-state index in [1.165, 1.54) is 4.90 Å². The standard InChI is InChI=1S/C18H19FN4O3/c19-13-8-14(10-23(9-13)16(25)11-24)22-18(26)15-2-1-5-21-17(15)12-3-6-20-7-4-12/h1-7,13-14,24H,8-11H2,(H,22,26)/t13-,14-/m0/s1. The fourth-order valence-electron chi connectivity index (χ4n) is 3.04. The molecular weight excluding hydrogens is 339 g/mol. The summed E-state index contributed by atoms with van der Waals surface area (Å²) in [5.74, 6) is -0.939. The number of halogens is 1. The number of aliphatic hydroxyl groups is 1. The van der Waals surface area contributed by atoms with Crippen LogP contribution in [0.5, 0.6) is 0 Å².